The van der Waals surface area contributed by atoms with E-state index in [0.29, 0.717) is 0 Å². The van der Waals surface area contributed by atoms with Crippen molar-refractivity contribution in [1.29, 1.82) is 0 Å². The molecule has 0 amide bonds. The average Bonchev–Trinajstić information content (AvgIpc) is 3.54. The Labute approximate surface area is 234 Å². The summed E-state index contributed by atoms with van der Waals surface area (Å²) in [5.74, 6) is 1.03. The van der Waals surface area contributed by atoms with Crippen LogP contribution in [0.2, 0.25) is 0 Å². The molecule has 0 spiro atoms. The van der Waals surface area contributed by atoms with E-state index in [1.165, 1.54) is 101 Å². The van der Waals surface area contributed by atoms with Gasteiger partial charge < -0.3 is 9.72 Å². The van der Waals surface area contributed by atoms with Crippen molar-refractivity contribution in [3.63, 3.8) is 0 Å². The van der Waals surface area contributed by atoms with Crippen molar-refractivity contribution in [2.75, 3.05) is 6.61 Å². The summed E-state index contributed by atoms with van der Waals surface area (Å²) >= 11 is 0. The average molecular weight is 520 g/mol. The highest BCUT2D eigenvalue weighted by Gasteiger charge is 2.27. The summed E-state index contributed by atoms with van der Waals surface area (Å²) in [7, 11) is 0. The van der Waals surface area contributed by atoms with Crippen LogP contribution >= 0.6 is 0 Å². The van der Waals surface area contributed by atoms with E-state index in [9.17, 15) is 0 Å². The summed E-state index contributed by atoms with van der Waals surface area (Å²) in [5, 5.41) is 10.4. The predicted molar refractivity (Wildman–Crippen MR) is 171 cm³/mol. The van der Waals surface area contributed by atoms with Crippen molar-refractivity contribution in [3.8, 4) is 16.9 Å². The highest BCUT2D eigenvalue weighted by molar-refractivity contribution is 6.22. The molecule has 7 aromatic rings. The molecule has 0 radical (unpaired) electrons. The fraction of sp³-hybridized carbons (Fsp3) is 0.211. The lowest BCUT2D eigenvalue weighted by atomic mass is 9.93. The van der Waals surface area contributed by atoms with Gasteiger partial charge in [0.05, 0.1) is 12.1 Å². The van der Waals surface area contributed by atoms with Crippen molar-refractivity contribution in [1.82, 2.24) is 4.98 Å². The SMILES string of the molecule is CCCCCCOc1cc2c(cc(C)c3c4cc5ccccc5cc4[nH]c23)c2c1-c1cc3ccccc3cc1C2. The number of aryl methyl sites for hydroxylation is 1. The molecule has 1 heterocycles. The minimum atomic E-state index is 0.758. The van der Waals surface area contributed by atoms with E-state index in [2.05, 4.69) is 104 Å². The molecule has 6 aromatic carbocycles. The van der Waals surface area contributed by atoms with E-state index in [1.807, 2.05) is 0 Å². The van der Waals surface area contributed by atoms with E-state index in [1.54, 1.807) is 0 Å². The van der Waals surface area contributed by atoms with E-state index in [4.69, 9.17) is 4.74 Å². The van der Waals surface area contributed by atoms with Crippen LogP contribution in [-0.4, -0.2) is 11.6 Å². The zero-order chi connectivity index (χ0) is 26.8. The summed E-state index contributed by atoms with van der Waals surface area (Å²) in [6.07, 6.45) is 5.74. The molecule has 0 atom stereocenters. The monoisotopic (exact) mass is 519 g/mol. The first-order valence-electron chi connectivity index (χ1n) is 14.8. The summed E-state index contributed by atoms with van der Waals surface area (Å²) in [4.78, 5) is 3.85. The largest absolute Gasteiger partial charge is 0.493 e. The second-order valence-corrected chi connectivity index (χ2v) is 11.6. The van der Waals surface area contributed by atoms with Gasteiger partial charge in [-0.25, -0.2) is 0 Å². The van der Waals surface area contributed by atoms with Crippen LogP contribution in [0.3, 0.4) is 0 Å². The zero-order valence-electron chi connectivity index (χ0n) is 23.2. The molecule has 1 aliphatic carbocycles. The second-order valence-electron chi connectivity index (χ2n) is 11.6. The molecule has 8 rings (SSSR count). The van der Waals surface area contributed by atoms with Crippen LogP contribution in [0.5, 0.6) is 5.75 Å². The molecule has 0 bridgehead atoms. The van der Waals surface area contributed by atoms with Crippen LogP contribution in [0.15, 0.2) is 84.9 Å². The van der Waals surface area contributed by atoms with Gasteiger partial charge in [0.15, 0.2) is 0 Å². The van der Waals surface area contributed by atoms with Gasteiger partial charge >= 0.3 is 0 Å². The number of hydrogen-bond acceptors (Lipinski definition) is 1. The number of unbranched alkanes of at least 4 members (excludes halogenated alkanes) is 3. The van der Waals surface area contributed by atoms with Gasteiger partial charge in [-0.15, -0.1) is 0 Å². The molecular formula is C38H33NO. The lowest BCUT2D eigenvalue weighted by Crippen LogP contribution is -2.00. The van der Waals surface area contributed by atoms with Crippen molar-refractivity contribution in [3.05, 3.63) is 102 Å². The highest BCUT2D eigenvalue weighted by atomic mass is 16.5. The quantitative estimate of drug-likeness (QED) is 0.217. The molecule has 2 nitrogen and oxygen atoms in total. The molecular weight excluding hydrogens is 486 g/mol. The smallest absolute Gasteiger partial charge is 0.128 e. The first-order valence-corrected chi connectivity index (χ1v) is 14.8. The number of nitrogens with one attached hydrogen (secondary N) is 1. The molecule has 1 aliphatic rings. The van der Waals surface area contributed by atoms with Crippen molar-refractivity contribution < 1.29 is 4.74 Å². The Hall–Kier alpha value is -4.30. The number of ether oxygens (including phenoxy) is 1. The van der Waals surface area contributed by atoms with Gasteiger partial charge in [0, 0.05) is 27.2 Å². The minimum Gasteiger partial charge on any atom is -0.493 e. The first kappa shape index (κ1) is 23.6. The molecule has 0 saturated heterocycles. The number of aromatic nitrogens is 1. The van der Waals surface area contributed by atoms with E-state index in [-0.39, 0.29) is 0 Å². The maximum absolute atomic E-state index is 6.67. The molecule has 0 fully saturated rings. The Balaban J connectivity index is 1.39. The second kappa shape index (κ2) is 9.13. The van der Waals surface area contributed by atoms with Gasteiger partial charge in [0.25, 0.3) is 0 Å². The molecule has 196 valence electrons. The highest BCUT2D eigenvalue weighted by Crippen LogP contribution is 2.49. The zero-order valence-corrected chi connectivity index (χ0v) is 23.2. The Morgan fingerprint density at radius 3 is 2.23 bits per heavy atom. The summed E-state index contributed by atoms with van der Waals surface area (Å²) < 4.78 is 6.67. The molecule has 1 aromatic heterocycles. The lowest BCUT2D eigenvalue weighted by Gasteiger charge is -2.16. The third-order valence-corrected chi connectivity index (χ3v) is 8.99. The Morgan fingerprint density at radius 1 is 0.725 bits per heavy atom. The van der Waals surface area contributed by atoms with Gasteiger partial charge in [-0.3, -0.25) is 0 Å². The standard InChI is InChI=1S/C38H33NO/c1-3-4-5-10-15-40-35-22-32-30(31-20-28-17-24-11-6-7-12-25(24)18-29(28)37(31)35)16-23(2)36-33-19-26-13-8-9-14-27(26)21-34(33)39-38(32)36/h6-9,11-14,16-19,21-22,39H,3-5,10,15,20H2,1-2H3. The lowest BCUT2D eigenvalue weighted by molar-refractivity contribution is 0.306. The molecule has 1 N–H and O–H groups in total. The fourth-order valence-electron chi connectivity index (χ4n) is 7.04. The van der Waals surface area contributed by atoms with Gasteiger partial charge in [-0.05, 0) is 93.2 Å². The third kappa shape index (κ3) is 3.55. The number of hydrogen-bond donors (Lipinski definition) is 1. The van der Waals surface area contributed by atoms with Crippen molar-refractivity contribution >= 4 is 54.1 Å². The summed E-state index contributed by atoms with van der Waals surface area (Å²) in [6.45, 7) is 5.29. The number of fused-ring (bicyclic) bond motifs is 11. The molecule has 0 saturated carbocycles. The maximum Gasteiger partial charge on any atom is 0.128 e. The normalized spacial score (nSPS) is 12.7. The van der Waals surface area contributed by atoms with Gasteiger partial charge in [-0.2, -0.15) is 0 Å². The number of benzene rings is 6. The van der Waals surface area contributed by atoms with Crippen LogP contribution in [0.4, 0.5) is 0 Å². The van der Waals surface area contributed by atoms with Crippen molar-refractivity contribution in [2.45, 2.75) is 46.0 Å². The number of rotatable bonds is 6. The first-order chi connectivity index (χ1) is 19.7. The number of H-pyrrole nitrogens is 1. The Kier molecular flexibility index (Phi) is 5.38. The number of aromatic amines is 1. The van der Waals surface area contributed by atoms with E-state index >= 15 is 0 Å². The molecule has 0 aliphatic heterocycles. The van der Waals surface area contributed by atoms with Crippen LogP contribution in [-0.2, 0) is 6.42 Å². The summed E-state index contributed by atoms with van der Waals surface area (Å²) in [6, 6.07) is 31.5. The van der Waals surface area contributed by atoms with E-state index in [0.717, 1.165) is 25.2 Å². The van der Waals surface area contributed by atoms with Crippen LogP contribution < -0.4 is 4.74 Å². The Bertz CT molecular complexity index is 2110. The van der Waals surface area contributed by atoms with Crippen molar-refractivity contribution in [2.24, 2.45) is 0 Å². The van der Waals surface area contributed by atoms with Gasteiger partial charge in [0.2, 0.25) is 0 Å². The summed E-state index contributed by atoms with van der Waals surface area (Å²) in [5.41, 5.74) is 9.17. The molecule has 40 heavy (non-hydrogen) atoms. The maximum atomic E-state index is 6.67. The van der Waals surface area contributed by atoms with Crippen LogP contribution in [0, 0.1) is 6.92 Å². The van der Waals surface area contributed by atoms with Crippen LogP contribution in [0.1, 0.15) is 49.3 Å². The predicted octanol–water partition coefficient (Wildman–Crippen LogP) is 10.6. The minimum absolute atomic E-state index is 0.758. The third-order valence-electron chi connectivity index (χ3n) is 8.99. The van der Waals surface area contributed by atoms with Crippen LogP contribution in [0.25, 0.3) is 65.3 Å². The molecule has 2 heteroatoms. The van der Waals surface area contributed by atoms with E-state index < -0.39 is 0 Å². The van der Waals surface area contributed by atoms with Gasteiger partial charge in [0.1, 0.15) is 5.75 Å². The Morgan fingerprint density at radius 2 is 1.45 bits per heavy atom. The fourth-order valence-corrected chi connectivity index (χ4v) is 7.04. The van der Waals surface area contributed by atoms with Gasteiger partial charge in [-0.1, -0.05) is 86.8 Å². The molecule has 0 unspecified atom stereocenters. The topological polar surface area (TPSA) is 25.0 Å².